The molecule has 2 rings (SSSR count). The number of hydrogen-bond acceptors (Lipinski definition) is 3. The lowest BCUT2D eigenvalue weighted by atomic mass is 9.78. The summed E-state index contributed by atoms with van der Waals surface area (Å²) in [6, 6.07) is 4.29. The van der Waals surface area contributed by atoms with Crippen LogP contribution in [0.1, 0.15) is 44.3 Å². The summed E-state index contributed by atoms with van der Waals surface area (Å²) in [6.07, 6.45) is 6.97. The number of aromatic nitrogens is 1. The van der Waals surface area contributed by atoms with Crippen molar-refractivity contribution in [3.8, 4) is 5.75 Å². The molecule has 1 heterocycles. The third kappa shape index (κ3) is 2.78. The highest BCUT2D eigenvalue weighted by atomic mass is 16.5. The number of rotatable bonds is 6. The van der Waals surface area contributed by atoms with E-state index in [1.165, 1.54) is 19.3 Å². The van der Waals surface area contributed by atoms with Gasteiger partial charge in [-0.3, -0.25) is 4.98 Å². The fourth-order valence-corrected chi connectivity index (χ4v) is 2.37. The quantitative estimate of drug-likeness (QED) is 0.821. The molecule has 1 saturated carbocycles. The van der Waals surface area contributed by atoms with Gasteiger partial charge in [0.25, 0.3) is 0 Å². The van der Waals surface area contributed by atoms with Gasteiger partial charge in [-0.15, -0.1) is 0 Å². The fourth-order valence-electron chi connectivity index (χ4n) is 2.37. The predicted molar refractivity (Wildman–Crippen MR) is 69.2 cm³/mol. The SMILES string of the molecule is CCCNC(c1ncccc1OC)C1CCC1. The molecule has 1 aliphatic carbocycles. The lowest BCUT2D eigenvalue weighted by molar-refractivity contribution is 0.223. The monoisotopic (exact) mass is 234 g/mol. The second-order valence-corrected chi connectivity index (χ2v) is 4.71. The fraction of sp³-hybridized carbons (Fsp3) is 0.643. The summed E-state index contributed by atoms with van der Waals surface area (Å²) in [5.41, 5.74) is 1.08. The number of methoxy groups -OCH3 is 1. The van der Waals surface area contributed by atoms with E-state index < -0.39 is 0 Å². The van der Waals surface area contributed by atoms with E-state index in [9.17, 15) is 0 Å². The second-order valence-electron chi connectivity index (χ2n) is 4.71. The topological polar surface area (TPSA) is 34.2 Å². The van der Waals surface area contributed by atoms with E-state index in [1.54, 1.807) is 7.11 Å². The highest BCUT2D eigenvalue weighted by molar-refractivity contribution is 5.30. The molecule has 1 aromatic heterocycles. The lowest BCUT2D eigenvalue weighted by Crippen LogP contribution is -2.33. The molecule has 1 atom stereocenters. The minimum absolute atomic E-state index is 0.361. The van der Waals surface area contributed by atoms with E-state index in [1.807, 2.05) is 18.3 Å². The van der Waals surface area contributed by atoms with Crippen LogP contribution in [0, 0.1) is 5.92 Å². The Kier molecular flexibility index (Phi) is 4.37. The van der Waals surface area contributed by atoms with Crippen LogP contribution in [0.25, 0.3) is 0 Å². The third-order valence-corrected chi connectivity index (χ3v) is 3.55. The van der Waals surface area contributed by atoms with Gasteiger partial charge in [-0.1, -0.05) is 13.3 Å². The molecule has 1 N–H and O–H groups in total. The molecule has 1 aliphatic rings. The van der Waals surface area contributed by atoms with Crippen LogP contribution in [-0.2, 0) is 0 Å². The van der Waals surface area contributed by atoms with Crippen LogP contribution in [0.15, 0.2) is 18.3 Å². The first kappa shape index (κ1) is 12.4. The van der Waals surface area contributed by atoms with Crippen molar-refractivity contribution >= 4 is 0 Å². The molecule has 1 fully saturated rings. The van der Waals surface area contributed by atoms with E-state index in [2.05, 4.69) is 17.2 Å². The summed E-state index contributed by atoms with van der Waals surface area (Å²) in [4.78, 5) is 4.52. The Bertz CT molecular complexity index is 350. The molecule has 17 heavy (non-hydrogen) atoms. The molecule has 3 heteroatoms. The summed E-state index contributed by atoms with van der Waals surface area (Å²) >= 11 is 0. The average molecular weight is 234 g/mol. The Morgan fingerprint density at radius 1 is 1.53 bits per heavy atom. The van der Waals surface area contributed by atoms with Crippen LogP contribution in [0.5, 0.6) is 5.75 Å². The van der Waals surface area contributed by atoms with Crippen molar-refractivity contribution in [1.82, 2.24) is 10.3 Å². The number of nitrogens with one attached hydrogen (secondary N) is 1. The third-order valence-electron chi connectivity index (χ3n) is 3.55. The molecule has 0 radical (unpaired) electrons. The zero-order chi connectivity index (χ0) is 12.1. The molecule has 0 spiro atoms. The summed E-state index contributed by atoms with van der Waals surface area (Å²) in [7, 11) is 1.72. The smallest absolute Gasteiger partial charge is 0.141 e. The minimum Gasteiger partial charge on any atom is -0.495 e. The molecule has 0 bridgehead atoms. The molecule has 0 aromatic carbocycles. The van der Waals surface area contributed by atoms with Gasteiger partial charge in [-0.25, -0.2) is 0 Å². The molecule has 1 unspecified atom stereocenters. The maximum atomic E-state index is 5.42. The van der Waals surface area contributed by atoms with Gasteiger partial charge < -0.3 is 10.1 Å². The van der Waals surface area contributed by atoms with Crippen LogP contribution in [0.4, 0.5) is 0 Å². The summed E-state index contributed by atoms with van der Waals surface area (Å²) in [5, 5.41) is 3.62. The Morgan fingerprint density at radius 2 is 2.35 bits per heavy atom. The molecule has 0 saturated heterocycles. The molecule has 94 valence electrons. The van der Waals surface area contributed by atoms with Gasteiger partial charge in [0.2, 0.25) is 0 Å². The van der Waals surface area contributed by atoms with Gasteiger partial charge in [-0.2, -0.15) is 0 Å². The number of nitrogens with zero attached hydrogens (tertiary/aromatic N) is 1. The van der Waals surface area contributed by atoms with E-state index in [0.717, 1.165) is 30.3 Å². The number of pyridine rings is 1. The van der Waals surface area contributed by atoms with Crippen LogP contribution < -0.4 is 10.1 Å². The largest absolute Gasteiger partial charge is 0.495 e. The molecular weight excluding hydrogens is 212 g/mol. The van der Waals surface area contributed by atoms with Gasteiger partial charge >= 0.3 is 0 Å². The Hall–Kier alpha value is -1.09. The summed E-state index contributed by atoms with van der Waals surface area (Å²) in [6.45, 7) is 3.24. The highest BCUT2D eigenvalue weighted by Gasteiger charge is 2.30. The van der Waals surface area contributed by atoms with Crippen molar-refractivity contribution in [2.45, 2.75) is 38.6 Å². The summed E-state index contributed by atoms with van der Waals surface area (Å²) < 4.78 is 5.42. The van der Waals surface area contributed by atoms with Crippen LogP contribution in [-0.4, -0.2) is 18.6 Å². The lowest BCUT2D eigenvalue weighted by Gasteiger charge is -2.34. The van der Waals surface area contributed by atoms with Crippen molar-refractivity contribution < 1.29 is 4.74 Å². The van der Waals surface area contributed by atoms with Crippen molar-refractivity contribution in [2.75, 3.05) is 13.7 Å². The molecular formula is C14H22N2O. The predicted octanol–water partition coefficient (Wildman–Crippen LogP) is 2.93. The Morgan fingerprint density at radius 3 is 2.94 bits per heavy atom. The normalized spacial score (nSPS) is 17.5. The van der Waals surface area contributed by atoms with E-state index in [0.29, 0.717) is 6.04 Å². The van der Waals surface area contributed by atoms with E-state index in [4.69, 9.17) is 4.74 Å². The number of ether oxygens (including phenoxy) is 1. The van der Waals surface area contributed by atoms with Gasteiger partial charge in [0.05, 0.1) is 18.8 Å². The molecule has 3 nitrogen and oxygen atoms in total. The maximum absolute atomic E-state index is 5.42. The van der Waals surface area contributed by atoms with Gasteiger partial charge in [0, 0.05) is 6.20 Å². The van der Waals surface area contributed by atoms with E-state index >= 15 is 0 Å². The zero-order valence-corrected chi connectivity index (χ0v) is 10.8. The maximum Gasteiger partial charge on any atom is 0.141 e. The second kappa shape index (κ2) is 6.01. The molecule has 0 aliphatic heterocycles. The van der Waals surface area contributed by atoms with Gasteiger partial charge in [0.15, 0.2) is 0 Å². The first-order chi connectivity index (χ1) is 8.36. The van der Waals surface area contributed by atoms with Gasteiger partial charge in [0.1, 0.15) is 5.75 Å². The van der Waals surface area contributed by atoms with Crippen LogP contribution in [0.2, 0.25) is 0 Å². The van der Waals surface area contributed by atoms with Crippen LogP contribution in [0.3, 0.4) is 0 Å². The minimum atomic E-state index is 0.361. The van der Waals surface area contributed by atoms with Crippen molar-refractivity contribution in [3.05, 3.63) is 24.0 Å². The Balaban J connectivity index is 2.17. The average Bonchev–Trinajstić information content (AvgIpc) is 2.32. The van der Waals surface area contributed by atoms with Crippen molar-refractivity contribution in [3.63, 3.8) is 0 Å². The molecule has 0 amide bonds. The molecule has 1 aromatic rings. The van der Waals surface area contributed by atoms with E-state index in [-0.39, 0.29) is 0 Å². The zero-order valence-electron chi connectivity index (χ0n) is 10.8. The van der Waals surface area contributed by atoms with Crippen molar-refractivity contribution in [2.24, 2.45) is 5.92 Å². The first-order valence-corrected chi connectivity index (χ1v) is 6.59. The Labute approximate surface area is 104 Å². The highest BCUT2D eigenvalue weighted by Crippen LogP contribution is 2.39. The summed E-state index contributed by atoms with van der Waals surface area (Å²) in [5.74, 6) is 1.64. The van der Waals surface area contributed by atoms with Crippen molar-refractivity contribution in [1.29, 1.82) is 0 Å². The standard InChI is InChI=1S/C14H22N2O/c1-3-9-15-13(11-6-4-7-11)14-12(17-2)8-5-10-16-14/h5,8,10-11,13,15H,3-4,6-7,9H2,1-2H3. The number of hydrogen-bond donors (Lipinski definition) is 1. The first-order valence-electron chi connectivity index (χ1n) is 6.59. The van der Waals surface area contributed by atoms with Gasteiger partial charge in [-0.05, 0) is 43.9 Å². The van der Waals surface area contributed by atoms with Crippen LogP contribution >= 0.6 is 0 Å².